The summed E-state index contributed by atoms with van der Waals surface area (Å²) >= 11 is 1.44. The Morgan fingerprint density at radius 1 is 1.10 bits per heavy atom. The first-order chi connectivity index (χ1) is 13.9. The Morgan fingerprint density at radius 2 is 1.86 bits per heavy atom. The zero-order valence-corrected chi connectivity index (χ0v) is 17.5. The van der Waals surface area contributed by atoms with Crippen molar-refractivity contribution in [3.05, 3.63) is 65.5 Å². The monoisotopic (exact) mass is 408 g/mol. The van der Waals surface area contributed by atoms with Crippen molar-refractivity contribution in [3.8, 4) is 0 Å². The van der Waals surface area contributed by atoms with E-state index in [4.69, 9.17) is 5.73 Å². The second-order valence-corrected chi connectivity index (χ2v) is 8.02. The Kier molecular flexibility index (Phi) is 6.66. The van der Waals surface area contributed by atoms with E-state index in [0.717, 1.165) is 22.5 Å². The number of carbonyl (C=O) groups is 1. The minimum Gasteiger partial charge on any atom is -0.368 e. The van der Waals surface area contributed by atoms with Gasteiger partial charge in [0.15, 0.2) is 0 Å². The van der Waals surface area contributed by atoms with Crippen molar-refractivity contribution in [2.75, 3.05) is 22.1 Å². The van der Waals surface area contributed by atoms with Crippen LogP contribution in [-0.4, -0.2) is 26.6 Å². The topological polar surface area (TPSA) is 106 Å². The van der Waals surface area contributed by atoms with Crippen LogP contribution in [-0.2, 0) is 4.79 Å². The van der Waals surface area contributed by atoms with Gasteiger partial charge in [-0.1, -0.05) is 35.9 Å². The maximum Gasteiger partial charge on any atom is 0.234 e. The van der Waals surface area contributed by atoms with Gasteiger partial charge >= 0.3 is 0 Å². The fraction of sp³-hybridized carbons (Fsp3) is 0.238. The van der Waals surface area contributed by atoms with Crippen molar-refractivity contribution in [2.24, 2.45) is 0 Å². The van der Waals surface area contributed by atoms with Crippen LogP contribution in [0.5, 0.6) is 0 Å². The van der Waals surface area contributed by atoms with Crippen LogP contribution in [0.3, 0.4) is 0 Å². The Balaban J connectivity index is 1.61. The molecule has 4 N–H and O–H groups in total. The van der Waals surface area contributed by atoms with E-state index in [1.165, 1.54) is 11.8 Å². The number of nitrogens with zero attached hydrogens (tertiary/aromatic N) is 3. The number of aryl methyl sites for hydroxylation is 2. The number of amides is 1. The van der Waals surface area contributed by atoms with Crippen LogP contribution in [0.25, 0.3) is 0 Å². The molecule has 1 heterocycles. The van der Waals surface area contributed by atoms with Gasteiger partial charge in [-0.05, 0) is 44.5 Å². The lowest BCUT2D eigenvalue weighted by Gasteiger charge is -2.13. The third-order valence-electron chi connectivity index (χ3n) is 4.18. The number of nitrogen functional groups attached to an aromatic ring is 1. The maximum absolute atomic E-state index is 12.3. The lowest BCUT2D eigenvalue weighted by Crippen LogP contribution is -2.16. The van der Waals surface area contributed by atoms with E-state index in [2.05, 4.69) is 25.6 Å². The molecule has 150 valence electrons. The quantitative estimate of drug-likeness (QED) is 0.537. The SMILES string of the molecule is Cc1ccc(NC(=O)CSC(C)c2nc(N)nc(Nc3ccccc3)n2)c(C)c1. The number of nitrogens with two attached hydrogens (primary N) is 1. The predicted octanol–water partition coefficient (Wildman–Crippen LogP) is 4.25. The highest BCUT2D eigenvalue weighted by Gasteiger charge is 2.15. The molecule has 3 rings (SSSR count). The van der Waals surface area contributed by atoms with Gasteiger partial charge in [-0.2, -0.15) is 15.0 Å². The van der Waals surface area contributed by atoms with Crippen LogP contribution < -0.4 is 16.4 Å². The van der Waals surface area contributed by atoms with E-state index in [0.29, 0.717) is 11.8 Å². The van der Waals surface area contributed by atoms with Crippen molar-refractivity contribution >= 4 is 40.9 Å². The molecular weight excluding hydrogens is 384 g/mol. The van der Waals surface area contributed by atoms with Crippen molar-refractivity contribution in [2.45, 2.75) is 26.0 Å². The zero-order chi connectivity index (χ0) is 20.8. The molecule has 0 radical (unpaired) electrons. The number of hydrogen-bond acceptors (Lipinski definition) is 7. The van der Waals surface area contributed by atoms with Crippen molar-refractivity contribution in [1.82, 2.24) is 15.0 Å². The Morgan fingerprint density at radius 3 is 2.59 bits per heavy atom. The molecular formula is C21H24N6OS. The molecule has 0 spiro atoms. The summed E-state index contributed by atoms with van der Waals surface area (Å²) in [5.74, 6) is 1.26. The molecule has 1 unspecified atom stereocenters. The summed E-state index contributed by atoms with van der Waals surface area (Å²) in [6.07, 6.45) is 0. The highest BCUT2D eigenvalue weighted by molar-refractivity contribution is 8.00. The highest BCUT2D eigenvalue weighted by Crippen LogP contribution is 2.27. The van der Waals surface area contributed by atoms with E-state index in [1.54, 1.807) is 0 Å². The molecule has 0 aliphatic carbocycles. The fourth-order valence-electron chi connectivity index (χ4n) is 2.71. The van der Waals surface area contributed by atoms with E-state index in [-0.39, 0.29) is 22.9 Å². The lowest BCUT2D eigenvalue weighted by molar-refractivity contribution is -0.113. The van der Waals surface area contributed by atoms with Crippen molar-refractivity contribution < 1.29 is 4.79 Å². The number of nitrogens with one attached hydrogen (secondary N) is 2. The first kappa shape index (κ1) is 20.6. The molecule has 2 aromatic carbocycles. The molecule has 0 saturated heterocycles. The molecule has 1 amide bonds. The van der Waals surface area contributed by atoms with Crippen LogP contribution in [0.4, 0.5) is 23.3 Å². The Hall–Kier alpha value is -3.13. The van der Waals surface area contributed by atoms with Crippen LogP contribution in [0, 0.1) is 13.8 Å². The van der Waals surface area contributed by atoms with E-state index in [1.807, 2.05) is 69.3 Å². The average molecular weight is 409 g/mol. The van der Waals surface area contributed by atoms with Gasteiger partial charge in [-0.15, -0.1) is 11.8 Å². The van der Waals surface area contributed by atoms with Gasteiger partial charge in [0.05, 0.1) is 11.0 Å². The van der Waals surface area contributed by atoms with Gasteiger partial charge in [0.25, 0.3) is 0 Å². The van der Waals surface area contributed by atoms with E-state index >= 15 is 0 Å². The summed E-state index contributed by atoms with van der Waals surface area (Å²) in [5, 5.41) is 5.94. The predicted molar refractivity (Wildman–Crippen MR) is 119 cm³/mol. The standard InChI is InChI=1S/C21H24N6OS/c1-13-9-10-17(14(2)11-13)24-18(28)12-29-15(3)19-25-20(22)27-21(26-19)23-16-7-5-4-6-8-16/h4-11,15H,12H2,1-3H3,(H,24,28)(H3,22,23,25,26,27). The zero-order valence-electron chi connectivity index (χ0n) is 16.6. The third-order valence-corrected chi connectivity index (χ3v) is 5.32. The lowest BCUT2D eigenvalue weighted by atomic mass is 10.1. The highest BCUT2D eigenvalue weighted by atomic mass is 32.2. The molecule has 7 nitrogen and oxygen atoms in total. The van der Waals surface area contributed by atoms with E-state index < -0.39 is 0 Å². The first-order valence-electron chi connectivity index (χ1n) is 9.23. The Labute approximate surface area is 174 Å². The maximum atomic E-state index is 12.3. The third kappa shape index (κ3) is 5.92. The molecule has 3 aromatic rings. The number of aromatic nitrogens is 3. The van der Waals surface area contributed by atoms with Gasteiger partial charge < -0.3 is 16.4 Å². The second-order valence-electron chi connectivity index (χ2n) is 6.69. The smallest absolute Gasteiger partial charge is 0.234 e. The normalized spacial score (nSPS) is 11.7. The minimum atomic E-state index is -0.124. The largest absolute Gasteiger partial charge is 0.368 e. The van der Waals surface area contributed by atoms with Crippen LogP contribution in [0.2, 0.25) is 0 Å². The van der Waals surface area contributed by atoms with Gasteiger partial charge in [-0.3, -0.25) is 4.79 Å². The van der Waals surface area contributed by atoms with E-state index in [9.17, 15) is 4.79 Å². The molecule has 0 aliphatic heterocycles. The fourth-order valence-corrected chi connectivity index (χ4v) is 3.44. The second kappa shape index (κ2) is 9.38. The number of rotatable bonds is 7. The molecule has 1 aromatic heterocycles. The Bertz CT molecular complexity index is 996. The summed E-state index contributed by atoms with van der Waals surface area (Å²) in [5.41, 5.74) is 9.73. The average Bonchev–Trinajstić information content (AvgIpc) is 2.68. The van der Waals surface area contributed by atoms with Crippen LogP contribution in [0.15, 0.2) is 48.5 Å². The van der Waals surface area contributed by atoms with Crippen molar-refractivity contribution in [1.29, 1.82) is 0 Å². The number of benzene rings is 2. The molecule has 0 bridgehead atoms. The number of anilines is 4. The minimum absolute atomic E-state index is 0.0709. The molecule has 8 heteroatoms. The van der Waals surface area contributed by atoms with Crippen LogP contribution in [0.1, 0.15) is 29.1 Å². The number of para-hydroxylation sites is 1. The molecule has 1 atom stereocenters. The summed E-state index contributed by atoms with van der Waals surface area (Å²) in [6.45, 7) is 5.95. The number of carbonyl (C=O) groups excluding carboxylic acids is 1. The van der Waals surface area contributed by atoms with Gasteiger partial charge in [0.1, 0.15) is 5.82 Å². The first-order valence-corrected chi connectivity index (χ1v) is 10.3. The number of hydrogen-bond donors (Lipinski definition) is 3. The van der Waals surface area contributed by atoms with Crippen LogP contribution >= 0.6 is 11.8 Å². The molecule has 0 aliphatic rings. The summed E-state index contributed by atoms with van der Waals surface area (Å²) in [4.78, 5) is 25.1. The van der Waals surface area contributed by atoms with Gasteiger partial charge in [-0.25, -0.2) is 0 Å². The molecule has 29 heavy (non-hydrogen) atoms. The molecule has 0 fully saturated rings. The summed E-state index contributed by atoms with van der Waals surface area (Å²) < 4.78 is 0. The van der Waals surface area contributed by atoms with Crippen molar-refractivity contribution in [3.63, 3.8) is 0 Å². The number of thioether (sulfide) groups is 1. The molecule has 0 saturated carbocycles. The van der Waals surface area contributed by atoms with Gasteiger partial charge in [0, 0.05) is 11.4 Å². The van der Waals surface area contributed by atoms with Gasteiger partial charge in [0.2, 0.25) is 17.8 Å². The summed E-state index contributed by atoms with van der Waals surface area (Å²) in [7, 11) is 0. The summed E-state index contributed by atoms with van der Waals surface area (Å²) in [6, 6.07) is 15.5.